The molecule has 0 saturated heterocycles. The fourth-order valence-electron chi connectivity index (χ4n) is 0.693. The maximum Gasteiger partial charge on any atom is -0.0417 e. The SMILES string of the molecule is CC1CC1.CCC1CC1. The average molecular weight is 126 g/mol. The molecule has 2 fully saturated rings. The molecule has 0 radical (unpaired) electrons. The predicted molar refractivity (Wildman–Crippen MR) is 41.4 cm³/mol. The Morgan fingerprint density at radius 3 is 1.56 bits per heavy atom. The van der Waals surface area contributed by atoms with Crippen LogP contribution in [0.4, 0.5) is 0 Å². The largest absolute Gasteiger partial charge is 0.0651 e. The summed E-state index contributed by atoms with van der Waals surface area (Å²) in [6, 6.07) is 0. The Balaban J connectivity index is 0.0000000922. The van der Waals surface area contributed by atoms with Gasteiger partial charge in [0.15, 0.2) is 0 Å². The van der Waals surface area contributed by atoms with Crippen LogP contribution in [0.15, 0.2) is 0 Å². The fraction of sp³-hybridized carbons (Fsp3) is 1.00. The Morgan fingerprint density at radius 1 is 1.11 bits per heavy atom. The van der Waals surface area contributed by atoms with Gasteiger partial charge in [0.2, 0.25) is 0 Å². The van der Waals surface area contributed by atoms with Crippen LogP contribution < -0.4 is 0 Å². The molecule has 9 heavy (non-hydrogen) atoms. The standard InChI is InChI=1S/C5H10.C4H8/c1-2-5-3-4-5;1-4-2-3-4/h5H,2-4H2,1H3;4H,2-3H2,1H3. The van der Waals surface area contributed by atoms with Crippen LogP contribution >= 0.6 is 0 Å². The summed E-state index contributed by atoms with van der Waals surface area (Å²) >= 11 is 0. The fourth-order valence-corrected chi connectivity index (χ4v) is 0.693. The van der Waals surface area contributed by atoms with E-state index < -0.39 is 0 Å². The van der Waals surface area contributed by atoms with Crippen molar-refractivity contribution in [3.05, 3.63) is 0 Å². The van der Waals surface area contributed by atoms with Gasteiger partial charge in [-0.3, -0.25) is 0 Å². The van der Waals surface area contributed by atoms with E-state index in [9.17, 15) is 0 Å². The van der Waals surface area contributed by atoms with E-state index in [0.29, 0.717) is 0 Å². The Kier molecular flexibility index (Phi) is 2.56. The van der Waals surface area contributed by atoms with E-state index in [4.69, 9.17) is 0 Å². The molecule has 0 heteroatoms. The van der Waals surface area contributed by atoms with Gasteiger partial charge in [0, 0.05) is 0 Å². The molecule has 0 atom stereocenters. The van der Waals surface area contributed by atoms with Gasteiger partial charge >= 0.3 is 0 Å². The molecule has 0 heterocycles. The first-order chi connectivity index (χ1) is 4.33. The summed E-state index contributed by atoms with van der Waals surface area (Å²) in [5.41, 5.74) is 0. The van der Waals surface area contributed by atoms with Gasteiger partial charge in [0.25, 0.3) is 0 Å². The molecule has 0 N–H and O–H groups in total. The molecule has 0 unspecified atom stereocenters. The van der Waals surface area contributed by atoms with Gasteiger partial charge in [-0.15, -0.1) is 0 Å². The Morgan fingerprint density at radius 2 is 1.56 bits per heavy atom. The first-order valence-corrected chi connectivity index (χ1v) is 4.33. The van der Waals surface area contributed by atoms with Crippen molar-refractivity contribution in [3.63, 3.8) is 0 Å². The minimum Gasteiger partial charge on any atom is -0.0651 e. The predicted octanol–water partition coefficient (Wildman–Crippen LogP) is 3.22. The molecule has 2 aliphatic rings. The molecule has 2 saturated carbocycles. The quantitative estimate of drug-likeness (QED) is 0.506. The summed E-state index contributed by atoms with van der Waals surface area (Å²) in [6.07, 6.45) is 7.41. The molecule has 0 aliphatic heterocycles. The molecule has 0 amide bonds. The van der Waals surface area contributed by atoms with E-state index in [1.54, 1.807) is 0 Å². The first-order valence-electron chi connectivity index (χ1n) is 4.33. The van der Waals surface area contributed by atoms with Crippen molar-refractivity contribution >= 4 is 0 Å². The van der Waals surface area contributed by atoms with Crippen LogP contribution in [-0.2, 0) is 0 Å². The Hall–Kier alpha value is 0. The maximum atomic E-state index is 2.28. The van der Waals surface area contributed by atoms with Crippen LogP contribution in [0.2, 0.25) is 0 Å². The molecule has 0 aromatic heterocycles. The van der Waals surface area contributed by atoms with E-state index in [1.807, 2.05) is 0 Å². The average Bonchev–Trinajstić information content (AvgIpc) is 2.57. The van der Waals surface area contributed by atoms with Gasteiger partial charge < -0.3 is 0 Å². The van der Waals surface area contributed by atoms with Gasteiger partial charge in [-0.05, 0) is 11.8 Å². The zero-order valence-electron chi connectivity index (χ0n) is 6.69. The molecule has 0 bridgehead atoms. The lowest BCUT2D eigenvalue weighted by Gasteiger charge is -1.72. The molecule has 2 rings (SSSR count). The summed E-state index contributed by atoms with van der Waals surface area (Å²) in [6.45, 7) is 4.54. The van der Waals surface area contributed by atoms with Gasteiger partial charge in [-0.2, -0.15) is 0 Å². The highest BCUT2D eigenvalue weighted by Crippen LogP contribution is 2.31. The van der Waals surface area contributed by atoms with Crippen molar-refractivity contribution in [2.75, 3.05) is 0 Å². The van der Waals surface area contributed by atoms with E-state index in [2.05, 4.69) is 13.8 Å². The monoisotopic (exact) mass is 126 g/mol. The zero-order chi connectivity index (χ0) is 6.69. The van der Waals surface area contributed by atoms with Crippen molar-refractivity contribution in [1.29, 1.82) is 0 Å². The highest BCUT2D eigenvalue weighted by Gasteiger charge is 2.17. The highest BCUT2D eigenvalue weighted by molar-refractivity contribution is 4.69. The lowest BCUT2D eigenvalue weighted by Crippen LogP contribution is -1.59. The van der Waals surface area contributed by atoms with Crippen LogP contribution in [0.1, 0.15) is 46.0 Å². The number of hydrogen-bond donors (Lipinski definition) is 0. The van der Waals surface area contributed by atoms with E-state index in [-0.39, 0.29) is 0 Å². The molecule has 0 aromatic rings. The minimum atomic E-state index is 1.08. The van der Waals surface area contributed by atoms with Gasteiger partial charge in [-0.1, -0.05) is 46.0 Å². The summed E-state index contributed by atoms with van der Waals surface area (Å²) < 4.78 is 0. The summed E-state index contributed by atoms with van der Waals surface area (Å²) in [4.78, 5) is 0. The second-order valence-corrected chi connectivity index (χ2v) is 3.53. The van der Waals surface area contributed by atoms with Crippen molar-refractivity contribution in [2.45, 2.75) is 46.0 Å². The Labute approximate surface area is 58.7 Å². The first kappa shape index (κ1) is 7.11. The van der Waals surface area contributed by atoms with Crippen LogP contribution in [0.3, 0.4) is 0 Å². The Bertz CT molecular complexity index is 68.1. The highest BCUT2D eigenvalue weighted by atomic mass is 14.2. The second-order valence-electron chi connectivity index (χ2n) is 3.53. The minimum absolute atomic E-state index is 1.08. The number of rotatable bonds is 1. The molecule has 0 spiro atoms. The van der Waals surface area contributed by atoms with Gasteiger partial charge in [-0.25, -0.2) is 0 Å². The van der Waals surface area contributed by atoms with E-state index >= 15 is 0 Å². The normalized spacial score (nSPS) is 24.7. The van der Waals surface area contributed by atoms with Gasteiger partial charge in [0.05, 0.1) is 0 Å². The molecule has 0 aromatic carbocycles. The third-order valence-electron chi connectivity index (χ3n) is 2.14. The van der Waals surface area contributed by atoms with Crippen LogP contribution in [0, 0.1) is 11.8 Å². The summed E-state index contributed by atoms with van der Waals surface area (Å²) in [7, 11) is 0. The molecule has 0 nitrogen and oxygen atoms in total. The van der Waals surface area contributed by atoms with Crippen LogP contribution in [-0.4, -0.2) is 0 Å². The number of hydrogen-bond acceptors (Lipinski definition) is 0. The lowest BCUT2D eigenvalue weighted by molar-refractivity contribution is 0.799. The van der Waals surface area contributed by atoms with Crippen molar-refractivity contribution in [1.82, 2.24) is 0 Å². The molecule has 2 aliphatic carbocycles. The van der Waals surface area contributed by atoms with Crippen LogP contribution in [0.5, 0.6) is 0 Å². The van der Waals surface area contributed by atoms with Crippen LogP contribution in [0.25, 0.3) is 0 Å². The van der Waals surface area contributed by atoms with Crippen molar-refractivity contribution < 1.29 is 0 Å². The molecular weight excluding hydrogens is 108 g/mol. The smallest absolute Gasteiger partial charge is 0.0417 e. The maximum absolute atomic E-state index is 2.28. The summed E-state index contributed by atoms with van der Waals surface area (Å²) in [5.74, 6) is 2.22. The second kappa shape index (κ2) is 3.24. The zero-order valence-corrected chi connectivity index (χ0v) is 6.69. The van der Waals surface area contributed by atoms with Crippen molar-refractivity contribution in [2.24, 2.45) is 11.8 Å². The van der Waals surface area contributed by atoms with Crippen molar-refractivity contribution in [3.8, 4) is 0 Å². The molecular formula is C9H18. The van der Waals surface area contributed by atoms with Gasteiger partial charge in [0.1, 0.15) is 0 Å². The third kappa shape index (κ3) is 4.50. The van der Waals surface area contributed by atoms with E-state index in [1.165, 1.54) is 32.1 Å². The third-order valence-corrected chi connectivity index (χ3v) is 2.14. The lowest BCUT2D eigenvalue weighted by atomic mass is 10.3. The van der Waals surface area contributed by atoms with E-state index in [0.717, 1.165) is 11.8 Å². The topological polar surface area (TPSA) is 0 Å². The molecule has 54 valence electrons. The summed E-state index contributed by atoms with van der Waals surface area (Å²) in [5, 5.41) is 0.